The van der Waals surface area contributed by atoms with Gasteiger partial charge in [-0.2, -0.15) is 0 Å². The van der Waals surface area contributed by atoms with Crippen LogP contribution in [-0.2, 0) is 6.42 Å². The molecular weight excluding hydrogens is 494 g/mol. The predicted octanol–water partition coefficient (Wildman–Crippen LogP) is 7.47. The minimum absolute atomic E-state index is 0. The maximum atomic E-state index is 11.9. The molecule has 2 N–H and O–H groups in total. The van der Waals surface area contributed by atoms with Gasteiger partial charge in [0, 0.05) is 11.5 Å². The first kappa shape index (κ1) is 27.7. The fraction of sp³-hybridized carbons (Fsp3) is 0.303. The largest absolute Gasteiger partial charge is 0.490 e. The maximum Gasteiger partial charge on any atom is 0.336 e. The van der Waals surface area contributed by atoms with Crippen molar-refractivity contribution in [3.8, 4) is 5.75 Å². The average Bonchev–Trinajstić information content (AvgIpc) is 2.90. The first-order valence-corrected chi connectivity index (χ1v) is 13.3. The Kier molecular flexibility index (Phi) is 9.09. The van der Waals surface area contributed by atoms with Crippen molar-refractivity contribution < 1.29 is 14.6 Å². The first-order chi connectivity index (χ1) is 18.0. The van der Waals surface area contributed by atoms with E-state index in [0.29, 0.717) is 5.56 Å². The third-order valence-corrected chi connectivity index (χ3v) is 7.72. The Labute approximate surface area is 231 Å². The minimum atomic E-state index is -0.858. The molecule has 0 aliphatic carbocycles. The Morgan fingerprint density at radius 2 is 1.68 bits per heavy atom. The highest BCUT2D eigenvalue weighted by atomic mass is 35.5. The van der Waals surface area contributed by atoms with E-state index in [4.69, 9.17) is 4.74 Å². The van der Waals surface area contributed by atoms with Crippen LogP contribution in [-0.4, -0.2) is 30.3 Å². The highest BCUT2D eigenvalue weighted by Gasteiger charge is 2.31. The van der Waals surface area contributed by atoms with Gasteiger partial charge in [-0.1, -0.05) is 72.8 Å². The van der Waals surface area contributed by atoms with Crippen molar-refractivity contribution in [3.63, 3.8) is 0 Å². The number of carboxylic acids is 1. The zero-order valence-corrected chi connectivity index (χ0v) is 22.9. The lowest BCUT2D eigenvalue weighted by Gasteiger charge is -2.33. The molecule has 2 unspecified atom stereocenters. The third-order valence-electron chi connectivity index (χ3n) is 7.72. The van der Waals surface area contributed by atoms with Crippen LogP contribution >= 0.6 is 12.4 Å². The summed E-state index contributed by atoms with van der Waals surface area (Å²) in [6.07, 6.45) is 3.96. The second kappa shape index (κ2) is 12.5. The van der Waals surface area contributed by atoms with Crippen molar-refractivity contribution in [1.82, 2.24) is 5.32 Å². The summed E-state index contributed by atoms with van der Waals surface area (Å²) in [5.74, 6) is 0.195. The van der Waals surface area contributed by atoms with Gasteiger partial charge in [0.15, 0.2) is 0 Å². The SMILES string of the molecule is Cc1ccc(C2CC(CCCNCCc3cccc4ccccc34)Oc3ccccc32)c(C)c1C(=O)O.Cl. The lowest BCUT2D eigenvalue weighted by atomic mass is 9.80. The van der Waals surface area contributed by atoms with Gasteiger partial charge in [0.1, 0.15) is 5.75 Å². The van der Waals surface area contributed by atoms with E-state index in [-0.39, 0.29) is 24.4 Å². The Morgan fingerprint density at radius 1 is 0.921 bits per heavy atom. The standard InChI is InChI=1S/C33H35NO3.ClH/c1-22-16-17-27(23(2)32(22)33(35)36)30-21-26(37-31-15-6-5-14-29(30)31)12-8-19-34-20-18-25-11-7-10-24-9-3-4-13-28(24)25;/h3-7,9-11,13-17,26,30,34H,8,12,18-21H2,1-2H3,(H,35,36);1H. The highest BCUT2D eigenvalue weighted by Crippen LogP contribution is 2.43. The van der Waals surface area contributed by atoms with Crippen LogP contribution in [0.5, 0.6) is 5.75 Å². The van der Waals surface area contributed by atoms with Crippen LogP contribution in [0.1, 0.15) is 63.4 Å². The van der Waals surface area contributed by atoms with E-state index in [2.05, 4.69) is 59.9 Å². The molecule has 0 saturated carbocycles. The lowest BCUT2D eigenvalue weighted by Crippen LogP contribution is -2.28. The predicted molar refractivity (Wildman–Crippen MR) is 157 cm³/mol. The number of hydrogen-bond acceptors (Lipinski definition) is 3. The summed E-state index contributed by atoms with van der Waals surface area (Å²) in [6, 6.07) is 27.4. The van der Waals surface area contributed by atoms with Crippen LogP contribution in [0.3, 0.4) is 0 Å². The molecule has 1 aliphatic rings. The molecule has 0 bridgehead atoms. The number of aromatic carboxylic acids is 1. The fourth-order valence-corrected chi connectivity index (χ4v) is 5.85. The molecule has 0 amide bonds. The number of rotatable bonds is 9. The van der Waals surface area contributed by atoms with Crippen LogP contribution in [0.25, 0.3) is 10.8 Å². The Hall–Kier alpha value is -3.34. The molecule has 0 saturated heterocycles. The zero-order valence-electron chi connectivity index (χ0n) is 22.1. The molecule has 198 valence electrons. The number of carboxylic acid groups (broad SMARTS) is 1. The van der Waals surface area contributed by atoms with Crippen LogP contribution in [0.4, 0.5) is 0 Å². The number of hydrogen-bond donors (Lipinski definition) is 2. The Bertz CT molecular complexity index is 1410. The van der Waals surface area contributed by atoms with Crippen molar-refractivity contribution in [1.29, 1.82) is 0 Å². The molecule has 0 radical (unpaired) electrons. The molecular formula is C33H36ClNO3. The molecule has 38 heavy (non-hydrogen) atoms. The smallest absolute Gasteiger partial charge is 0.336 e. The van der Waals surface area contributed by atoms with Crippen LogP contribution in [0, 0.1) is 13.8 Å². The van der Waals surface area contributed by atoms with Gasteiger partial charge in [0.2, 0.25) is 0 Å². The molecule has 1 heterocycles. The topological polar surface area (TPSA) is 58.6 Å². The molecule has 4 aromatic rings. The second-order valence-electron chi connectivity index (χ2n) is 10.1. The second-order valence-corrected chi connectivity index (χ2v) is 10.1. The summed E-state index contributed by atoms with van der Waals surface area (Å²) in [5, 5.41) is 16.0. The van der Waals surface area contributed by atoms with Gasteiger partial charge < -0.3 is 15.2 Å². The molecule has 5 heteroatoms. The van der Waals surface area contributed by atoms with E-state index < -0.39 is 5.97 Å². The van der Waals surface area contributed by atoms with Gasteiger partial charge in [-0.3, -0.25) is 0 Å². The van der Waals surface area contributed by atoms with E-state index in [1.165, 1.54) is 16.3 Å². The maximum absolute atomic E-state index is 11.9. The van der Waals surface area contributed by atoms with Crippen LogP contribution < -0.4 is 10.1 Å². The van der Waals surface area contributed by atoms with E-state index in [1.54, 1.807) is 0 Å². The number of nitrogens with one attached hydrogen (secondary N) is 1. The van der Waals surface area contributed by atoms with E-state index >= 15 is 0 Å². The summed E-state index contributed by atoms with van der Waals surface area (Å²) in [4.78, 5) is 11.9. The van der Waals surface area contributed by atoms with Crippen LogP contribution in [0.15, 0.2) is 78.9 Å². The number of aryl methyl sites for hydroxylation is 1. The number of halogens is 1. The molecule has 5 rings (SSSR count). The molecule has 0 fully saturated rings. The Morgan fingerprint density at radius 3 is 2.53 bits per heavy atom. The van der Waals surface area contributed by atoms with Gasteiger partial charge in [0.05, 0.1) is 11.7 Å². The zero-order chi connectivity index (χ0) is 25.8. The molecule has 2 atom stereocenters. The van der Waals surface area contributed by atoms with Crippen LogP contribution in [0.2, 0.25) is 0 Å². The summed E-state index contributed by atoms with van der Waals surface area (Å²) < 4.78 is 6.40. The normalized spacial score (nSPS) is 16.4. The fourth-order valence-electron chi connectivity index (χ4n) is 5.85. The average molecular weight is 530 g/mol. The summed E-state index contributed by atoms with van der Waals surface area (Å²) in [7, 11) is 0. The minimum Gasteiger partial charge on any atom is -0.490 e. The number of fused-ring (bicyclic) bond motifs is 2. The van der Waals surface area contributed by atoms with Crippen molar-refractivity contribution in [2.45, 2.75) is 51.6 Å². The number of benzene rings is 4. The van der Waals surface area contributed by atoms with E-state index in [0.717, 1.165) is 66.8 Å². The molecule has 4 nitrogen and oxygen atoms in total. The lowest BCUT2D eigenvalue weighted by molar-refractivity contribution is 0.0695. The molecule has 0 aromatic heterocycles. The van der Waals surface area contributed by atoms with Gasteiger partial charge in [-0.15, -0.1) is 12.4 Å². The summed E-state index contributed by atoms with van der Waals surface area (Å²) in [6.45, 7) is 5.71. The first-order valence-electron chi connectivity index (χ1n) is 13.3. The molecule has 4 aromatic carbocycles. The summed E-state index contributed by atoms with van der Waals surface area (Å²) in [5.41, 5.74) is 5.72. The van der Waals surface area contributed by atoms with Crippen molar-refractivity contribution in [2.24, 2.45) is 0 Å². The van der Waals surface area contributed by atoms with Gasteiger partial charge in [0.25, 0.3) is 0 Å². The number of carbonyl (C=O) groups is 1. The molecule has 0 spiro atoms. The quantitative estimate of drug-likeness (QED) is 0.221. The highest BCUT2D eigenvalue weighted by molar-refractivity contribution is 5.91. The monoisotopic (exact) mass is 529 g/mol. The molecule has 1 aliphatic heterocycles. The third kappa shape index (κ3) is 5.87. The van der Waals surface area contributed by atoms with E-state index in [9.17, 15) is 9.90 Å². The van der Waals surface area contributed by atoms with Gasteiger partial charge >= 0.3 is 5.97 Å². The summed E-state index contributed by atoms with van der Waals surface area (Å²) >= 11 is 0. The van der Waals surface area contributed by atoms with Gasteiger partial charge in [-0.25, -0.2) is 4.79 Å². The number of para-hydroxylation sites is 1. The van der Waals surface area contributed by atoms with Crippen molar-refractivity contribution >= 4 is 29.1 Å². The van der Waals surface area contributed by atoms with Crippen molar-refractivity contribution in [2.75, 3.05) is 13.1 Å². The van der Waals surface area contributed by atoms with Crippen molar-refractivity contribution in [3.05, 3.63) is 112 Å². The number of ether oxygens (including phenoxy) is 1. The Balaban J connectivity index is 0.00000336. The van der Waals surface area contributed by atoms with Gasteiger partial charge in [-0.05, 0) is 91.7 Å². The van der Waals surface area contributed by atoms with E-state index in [1.807, 2.05) is 38.1 Å².